The molecule has 13 aromatic rings. The zero-order chi connectivity index (χ0) is 42.8. The zero-order valence-electron chi connectivity index (χ0n) is 35.3. The van der Waals surface area contributed by atoms with E-state index in [1.165, 1.54) is 38.2 Å². The van der Waals surface area contributed by atoms with Gasteiger partial charge in [-0.05, 0) is 98.1 Å². The second-order valence-corrected chi connectivity index (χ2v) is 16.7. The van der Waals surface area contributed by atoms with E-state index in [2.05, 4.69) is 217 Å². The molecule has 0 aliphatic rings. The minimum absolute atomic E-state index is 0.887. The number of rotatable bonds is 7. The van der Waals surface area contributed by atoms with Gasteiger partial charge >= 0.3 is 0 Å². The number of nitrogens with zero attached hydrogens (tertiary/aromatic N) is 1. The van der Waals surface area contributed by atoms with E-state index in [1.54, 1.807) is 0 Å². The van der Waals surface area contributed by atoms with Crippen molar-refractivity contribution >= 4 is 82.5 Å². The van der Waals surface area contributed by atoms with Gasteiger partial charge in [0.05, 0.1) is 5.69 Å². The first-order valence-electron chi connectivity index (χ1n) is 22.2. The minimum Gasteiger partial charge on any atom is -0.456 e. The Hall–Kier alpha value is -8.66. The lowest BCUT2D eigenvalue weighted by atomic mass is 9.88. The van der Waals surface area contributed by atoms with Crippen LogP contribution in [0.15, 0.2) is 245 Å². The summed E-state index contributed by atoms with van der Waals surface area (Å²) in [4.78, 5) is 2.46. The molecule has 65 heavy (non-hydrogen) atoms. The van der Waals surface area contributed by atoms with Gasteiger partial charge in [0.2, 0.25) is 0 Å². The normalized spacial score (nSPS) is 11.7. The van der Waals surface area contributed by atoms with E-state index in [1.807, 2.05) is 24.3 Å². The average Bonchev–Trinajstić information content (AvgIpc) is 3.96. The lowest BCUT2D eigenvalue weighted by Crippen LogP contribution is -2.12. The number of hydrogen-bond donors (Lipinski definition) is 0. The SMILES string of the molecule is c1ccc(-c2cccc(-c3c(N(c4ccc(-c5cccc6c5oc5ccccc56)cc4)c4ccc(-c5cccc6oc7ccccc7c56)cc4)c4ccccc4c4ccccc34)c2)cc1. The van der Waals surface area contributed by atoms with Crippen LogP contribution in [0.1, 0.15) is 0 Å². The van der Waals surface area contributed by atoms with Crippen LogP contribution >= 0.6 is 0 Å². The maximum Gasteiger partial charge on any atom is 0.143 e. The van der Waals surface area contributed by atoms with Gasteiger partial charge in [0.1, 0.15) is 22.3 Å². The molecule has 2 heterocycles. The van der Waals surface area contributed by atoms with E-state index in [0.29, 0.717) is 0 Å². The van der Waals surface area contributed by atoms with E-state index in [9.17, 15) is 0 Å². The third kappa shape index (κ3) is 6.05. The molecule has 0 radical (unpaired) electrons. The first-order valence-corrected chi connectivity index (χ1v) is 22.2. The topological polar surface area (TPSA) is 29.5 Å². The summed E-state index contributed by atoms with van der Waals surface area (Å²) in [6.45, 7) is 0. The van der Waals surface area contributed by atoms with Crippen molar-refractivity contribution in [3.05, 3.63) is 237 Å². The first kappa shape index (κ1) is 36.9. The van der Waals surface area contributed by atoms with E-state index < -0.39 is 0 Å². The Labute approximate surface area is 375 Å². The maximum atomic E-state index is 6.53. The Morgan fingerprint density at radius 3 is 1.51 bits per heavy atom. The van der Waals surface area contributed by atoms with Gasteiger partial charge in [-0.2, -0.15) is 0 Å². The summed E-state index contributed by atoms with van der Waals surface area (Å²) in [6, 6.07) is 84.9. The molecule has 0 atom stereocenters. The van der Waals surface area contributed by atoms with Gasteiger partial charge in [-0.1, -0.05) is 188 Å². The van der Waals surface area contributed by atoms with Crippen LogP contribution in [0, 0.1) is 0 Å². The predicted octanol–water partition coefficient (Wildman–Crippen LogP) is 17.9. The monoisotopic (exact) mass is 829 g/mol. The Balaban J connectivity index is 1.05. The second kappa shape index (κ2) is 15.0. The van der Waals surface area contributed by atoms with Crippen molar-refractivity contribution < 1.29 is 8.83 Å². The number of anilines is 3. The quantitative estimate of drug-likeness (QED) is 0.150. The highest BCUT2D eigenvalue weighted by atomic mass is 16.3. The van der Waals surface area contributed by atoms with E-state index in [4.69, 9.17) is 8.83 Å². The van der Waals surface area contributed by atoms with Crippen molar-refractivity contribution in [2.24, 2.45) is 0 Å². The summed E-state index contributed by atoms with van der Waals surface area (Å²) in [5.74, 6) is 0. The summed E-state index contributed by atoms with van der Waals surface area (Å²) >= 11 is 0. The number of fused-ring (bicyclic) bond motifs is 9. The average molecular weight is 830 g/mol. The molecule has 0 aliphatic heterocycles. The molecule has 0 bridgehead atoms. The fraction of sp³-hybridized carbons (Fsp3) is 0. The molecule has 13 rings (SSSR count). The van der Waals surface area contributed by atoms with Crippen LogP contribution in [-0.4, -0.2) is 0 Å². The third-order valence-corrected chi connectivity index (χ3v) is 13.1. The standard InChI is InChI=1S/C62H39NO2/c1-2-15-40(16-3-1)43-17-12-18-44(39-43)59-52-22-6-4-19-49(52)50-20-5-7-23-53(50)61(59)63(45-35-31-41(32-36-45)47-25-14-30-58-60(47)55-24-9-11-29-57(55)64-58)46-37-33-42(34-38-46)48-26-13-27-54-51-21-8-10-28-56(51)65-62(48)54/h1-39H. The Kier molecular flexibility index (Phi) is 8.53. The van der Waals surface area contributed by atoms with Crippen molar-refractivity contribution in [2.45, 2.75) is 0 Å². The van der Waals surface area contributed by atoms with Crippen LogP contribution in [0.5, 0.6) is 0 Å². The highest BCUT2D eigenvalue weighted by molar-refractivity contribution is 6.23. The van der Waals surface area contributed by atoms with Crippen LogP contribution in [0.4, 0.5) is 17.1 Å². The number of hydrogen-bond acceptors (Lipinski definition) is 3. The second-order valence-electron chi connectivity index (χ2n) is 16.7. The van der Waals surface area contributed by atoms with E-state index >= 15 is 0 Å². The molecule has 0 saturated carbocycles. The summed E-state index contributed by atoms with van der Waals surface area (Å²) in [7, 11) is 0. The van der Waals surface area contributed by atoms with Crippen LogP contribution in [0.2, 0.25) is 0 Å². The van der Waals surface area contributed by atoms with Crippen LogP contribution < -0.4 is 4.90 Å². The van der Waals surface area contributed by atoms with Gasteiger partial charge in [0, 0.05) is 49.4 Å². The zero-order valence-corrected chi connectivity index (χ0v) is 35.3. The molecular formula is C62H39NO2. The Morgan fingerprint density at radius 2 is 0.769 bits per heavy atom. The van der Waals surface area contributed by atoms with Crippen LogP contribution in [0.3, 0.4) is 0 Å². The molecule has 304 valence electrons. The van der Waals surface area contributed by atoms with E-state index in [0.717, 1.165) is 88.8 Å². The van der Waals surface area contributed by atoms with Gasteiger partial charge in [0.15, 0.2) is 0 Å². The van der Waals surface area contributed by atoms with Gasteiger partial charge in [-0.15, -0.1) is 0 Å². The summed E-state index contributed by atoms with van der Waals surface area (Å²) in [5, 5.41) is 9.27. The molecule has 0 N–H and O–H groups in total. The lowest BCUT2D eigenvalue weighted by Gasteiger charge is -2.31. The van der Waals surface area contributed by atoms with Crippen molar-refractivity contribution in [3.63, 3.8) is 0 Å². The molecule has 3 heteroatoms. The van der Waals surface area contributed by atoms with Crippen LogP contribution in [-0.2, 0) is 0 Å². The molecule has 0 fully saturated rings. The molecule has 0 unspecified atom stereocenters. The highest BCUT2D eigenvalue weighted by Crippen LogP contribution is 2.50. The Morgan fingerprint density at radius 1 is 0.277 bits per heavy atom. The van der Waals surface area contributed by atoms with Crippen molar-refractivity contribution in [2.75, 3.05) is 4.90 Å². The van der Waals surface area contributed by atoms with Crippen LogP contribution in [0.25, 0.3) is 110 Å². The van der Waals surface area contributed by atoms with Gasteiger partial charge in [0.25, 0.3) is 0 Å². The third-order valence-electron chi connectivity index (χ3n) is 13.1. The Bertz CT molecular complexity index is 3930. The fourth-order valence-electron chi connectivity index (χ4n) is 10.1. The largest absolute Gasteiger partial charge is 0.456 e. The summed E-state index contributed by atoms with van der Waals surface area (Å²) in [5.41, 5.74) is 15.9. The molecule has 2 aromatic heterocycles. The lowest BCUT2D eigenvalue weighted by molar-refractivity contribution is 0.669. The summed E-state index contributed by atoms with van der Waals surface area (Å²) in [6.07, 6.45) is 0. The molecule has 3 nitrogen and oxygen atoms in total. The predicted molar refractivity (Wildman–Crippen MR) is 272 cm³/mol. The first-order chi connectivity index (χ1) is 32.2. The molecule has 0 amide bonds. The molecular weight excluding hydrogens is 791 g/mol. The minimum atomic E-state index is 0.887. The van der Waals surface area contributed by atoms with Crippen molar-refractivity contribution in [1.82, 2.24) is 0 Å². The summed E-state index contributed by atoms with van der Waals surface area (Å²) < 4.78 is 12.9. The number of benzene rings is 11. The molecule has 0 spiro atoms. The molecule has 0 aliphatic carbocycles. The highest BCUT2D eigenvalue weighted by Gasteiger charge is 2.25. The smallest absolute Gasteiger partial charge is 0.143 e. The van der Waals surface area contributed by atoms with Gasteiger partial charge in [-0.3, -0.25) is 0 Å². The van der Waals surface area contributed by atoms with Crippen molar-refractivity contribution in [1.29, 1.82) is 0 Å². The number of para-hydroxylation sites is 3. The number of furan rings is 2. The molecule has 0 saturated heterocycles. The van der Waals surface area contributed by atoms with E-state index in [-0.39, 0.29) is 0 Å². The van der Waals surface area contributed by atoms with Crippen molar-refractivity contribution in [3.8, 4) is 44.5 Å². The maximum absolute atomic E-state index is 6.53. The fourth-order valence-corrected chi connectivity index (χ4v) is 10.1. The van der Waals surface area contributed by atoms with Gasteiger partial charge < -0.3 is 13.7 Å². The van der Waals surface area contributed by atoms with Gasteiger partial charge in [-0.25, -0.2) is 0 Å². The molecule has 11 aromatic carbocycles.